The molecule has 2 aromatic carbocycles. The summed E-state index contributed by atoms with van der Waals surface area (Å²) >= 11 is 0. The Morgan fingerprint density at radius 2 is 1.82 bits per heavy atom. The number of aliphatic hydroxyl groups is 2. The second-order valence-electron chi connectivity index (χ2n) is 7.72. The number of rotatable bonds is 6. The Kier molecular flexibility index (Phi) is 6.44. The molecule has 28 heavy (non-hydrogen) atoms. The van der Waals surface area contributed by atoms with Gasteiger partial charge in [0.25, 0.3) is 0 Å². The van der Waals surface area contributed by atoms with Gasteiger partial charge in [-0.15, -0.1) is 0 Å². The molecular formula is C22H27FN2O3. The fraction of sp³-hybridized carbons (Fsp3) is 0.409. The molecule has 5 nitrogen and oxygen atoms in total. The number of aliphatic hydroxyl groups excluding tert-OH is 2. The zero-order valence-corrected chi connectivity index (χ0v) is 16.1. The van der Waals surface area contributed by atoms with E-state index in [0.29, 0.717) is 25.9 Å². The molecule has 2 atom stereocenters. The largest absolute Gasteiger partial charge is 0.396 e. The first-order valence-corrected chi connectivity index (χ1v) is 9.52. The zero-order chi connectivity index (χ0) is 20.1. The first-order valence-electron chi connectivity index (χ1n) is 9.52. The highest BCUT2D eigenvalue weighted by atomic mass is 19.1. The van der Waals surface area contributed by atoms with Crippen LogP contribution in [-0.2, 0) is 17.8 Å². The lowest BCUT2D eigenvalue weighted by Gasteiger charge is -2.45. The third-order valence-electron chi connectivity index (χ3n) is 5.43. The van der Waals surface area contributed by atoms with E-state index in [0.717, 1.165) is 23.4 Å². The number of likely N-dealkylation sites (tertiary alicyclic amines) is 1. The number of hydrogen-bond acceptors (Lipinski definition) is 4. The number of amides is 1. The summed E-state index contributed by atoms with van der Waals surface area (Å²) in [5, 5.41) is 23.5. The second kappa shape index (κ2) is 8.82. The summed E-state index contributed by atoms with van der Waals surface area (Å²) in [5.74, 6) is -0.401. The van der Waals surface area contributed by atoms with Gasteiger partial charge < -0.3 is 15.5 Å². The van der Waals surface area contributed by atoms with Crippen molar-refractivity contribution in [3.63, 3.8) is 0 Å². The van der Waals surface area contributed by atoms with Gasteiger partial charge in [0.1, 0.15) is 5.82 Å². The van der Waals surface area contributed by atoms with Crippen molar-refractivity contribution in [2.75, 3.05) is 25.0 Å². The first kappa shape index (κ1) is 20.5. The van der Waals surface area contributed by atoms with E-state index >= 15 is 0 Å². The highest BCUT2D eigenvalue weighted by molar-refractivity contribution is 5.88. The van der Waals surface area contributed by atoms with Gasteiger partial charge in [0, 0.05) is 37.7 Å². The maximum atomic E-state index is 13.2. The monoisotopic (exact) mass is 386 g/mol. The van der Waals surface area contributed by atoms with Crippen molar-refractivity contribution in [3.05, 3.63) is 65.5 Å². The molecule has 0 bridgehead atoms. The molecule has 3 rings (SSSR count). The Labute approximate surface area is 164 Å². The Morgan fingerprint density at radius 3 is 2.43 bits per heavy atom. The van der Waals surface area contributed by atoms with E-state index in [1.54, 1.807) is 12.1 Å². The molecule has 1 saturated heterocycles. The van der Waals surface area contributed by atoms with Crippen molar-refractivity contribution in [3.8, 4) is 0 Å². The molecular weight excluding hydrogens is 359 g/mol. The molecule has 0 saturated carbocycles. The fourth-order valence-electron chi connectivity index (χ4n) is 3.92. The van der Waals surface area contributed by atoms with E-state index in [1.807, 2.05) is 24.3 Å². The maximum absolute atomic E-state index is 13.2. The Hall–Kier alpha value is -2.28. The Bertz CT molecular complexity index is 794. The van der Waals surface area contributed by atoms with Gasteiger partial charge in [0.05, 0.1) is 12.7 Å². The summed E-state index contributed by atoms with van der Waals surface area (Å²) in [6.07, 6.45) is 0.454. The van der Waals surface area contributed by atoms with Gasteiger partial charge >= 0.3 is 0 Å². The quantitative estimate of drug-likeness (QED) is 0.714. The molecule has 0 radical (unpaired) electrons. The van der Waals surface area contributed by atoms with Crippen LogP contribution < -0.4 is 5.32 Å². The SMILES string of the molecule is CC(=O)Nc1ccc(CN2CC[C@H](O)[C@@](CO)(Cc3ccc(F)cc3)C2)cc1. The van der Waals surface area contributed by atoms with Crippen LogP contribution >= 0.6 is 0 Å². The number of halogens is 1. The van der Waals surface area contributed by atoms with Crippen LogP contribution in [0.5, 0.6) is 0 Å². The predicted octanol–water partition coefficient (Wildman–Crippen LogP) is 2.57. The molecule has 0 aliphatic carbocycles. The maximum Gasteiger partial charge on any atom is 0.221 e. The van der Waals surface area contributed by atoms with Crippen LogP contribution in [0.25, 0.3) is 0 Å². The lowest BCUT2D eigenvalue weighted by Crippen LogP contribution is -2.54. The lowest BCUT2D eigenvalue weighted by molar-refractivity contribution is -0.114. The van der Waals surface area contributed by atoms with Crippen molar-refractivity contribution in [2.45, 2.75) is 32.4 Å². The fourth-order valence-corrected chi connectivity index (χ4v) is 3.92. The van der Waals surface area contributed by atoms with Gasteiger partial charge in [-0.05, 0) is 48.2 Å². The number of piperidine rings is 1. The molecule has 150 valence electrons. The predicted molar refractivity (Wildman–Crippen MR) is 106 cm³/mol. The van der Waals surface area contributed by atoms with Crippen LogP contribution in [0.2, 0.25) is 0 Å². The van der Waals surface area contributed by atoms with Crippen molar-refractivity contribution < 1.29 is 19.4 Å². The number of hydrogen-bond donors (Lipinski definition) is 3. The number of carbonyl (C=O) groups excluding carboxylic acids is 1. The van der Waals surface area contributed by atoms with Crippen molar-refractivity contribution in [2.24, 2.45) is 5.41 Å². The van der Waals surface area contributed by atoms with E-state index in [9.17, 15) is 19.4 Å². The number of carbonyl (C=O) groups is 1. The molecule has 0 spiro atoms. The average molecular weight is 386 g/mol. The van der Waals surface area contributed by atoms with Crippen molar-refractivity contribution >= 4 is 11.6 Å². The third kappa shape index (κ3) is 4.95. The Balaban J connectivity index is 1.69. The third-order valence-corrected chi connectivity index (χ3v) is 5.43. The van der Waals surface area contributed by atoms with Crippen LogP contribution in [0.1, 0.15) is 24.5 Å². The smallest absolute Gasteiger partial charge is 0.221 e. The van der Waals surface area contributed by atoms with Gasteiger partial charge in [0.2, 0.25) is 5.91 Å². The molecule has 2 aromatic rings. The van der Waals surface area contributed by atoms with Crippen LogP contribution in [0, 0.1) is 11.2 Å². The van der Waals surface area contributed by atoms with Gasteiger partial charge in [-0.3, -0.25) is 9.69 Å². The molecule has 3 N–H and O–H groups in total. The summed E-state index contributed by atoms with van der Waals surface area (Å²) in [5.41, 5.74) is 2.08. The van der Waals surface area contributed by atoms with E-state index in [-0.39, 0.29) is 18.3 Å². The highest BCUT2D eigenvalue weighted by Gasteiger charge is 2.42. The minimum atomic E-state index is -0.674. The summed E-state index contributed by atoms with van der Waals surface area (Å²) in [7, 11) is 0. The molecule has 0 unspecified atom stereocenters. The molecule has 0 aromatic heterocycles. The topological polar surface area (TPSA) is 72.8 Å². The summed E-state index contributed by atoms with van der Waals surface area (Å²) in [6, 6.07) is 13.9. The molecule has 1 aliphatic heterocycles. The van der Waals surface area contributed by atoms with Gasteiger partial charge in [-0.1, -0.05) is 24.3 Å². The minimum absolute atomic E-state index is 0.105. The first-order chi connectivity index (χ1) is 13.4. The van der Waals surface area contributed by atoms with E-state index < -0.39 is 11.5 Å². The van der Waals surface area contributed by atoms with Crippen LogP contribution in [0.4, 0.5) is 10.1 Å². The highest BCUT2D eigenvalue weighted by Crippen LogP contribution is 2.34. The molecule has 6 heteroatoms. The lowest BCUT2D eigenvalue weighted by atomic mass is 9.73. The summed E-state index contributed by atoms with van der Waals surface area (Å²) in [4.78, 5) is 13.4. The average Bonchev–Trinajstić information content (AvgIpc) is 2.67. The number of anilines is 1. The molecule has 1 heterocycles. The summed E-state index contributed by atoms with van der Waals surface area (Å²) in [6.45, 7) is 3.32. The van der Waals surface area contributed by atoms with E-state index in [4.69, 9.17) is 0 Å². The minimum Gasteiger partial charge on any atom is -0.396 e. The number of nitrogens with zero attached hydrogens (tertiary/aromatic N) is 1. The number of nitrogens with one attached hydrogen (secondary N) is 1. The van der Waals surface area contributed by atoms with Crippen LogP contribution in [-0.4, -0.2) is 46.8 Å². The second-order valence-corrected chi connectivity index (χ2v) is 7.72. The van der Waals surface area contributed by atoms with E-state index in [2.05, 4.69) is 10.2 Å². The van der Waals surface area contributed by atoms with E-state index in [1.165, 1.54) is 19.1 Å². The summed E-state index contributed by atoms with van der Waals surface area (Å²) < 4.78 is 13.2. The van der Waals surface area contributed by atoms with Crippen LogP contribution in [0.3, 0.4) is 0 Å². The molecule has 1 amide bonds. The zero-order valence-electron chi connectivity index (χ0n) is 16.1. The van der Waals surface area contributed by atoms with Crippen molar-refractivity contribution in [1.29, 1.82) is 0 Å². The Morgan fingerprint density at radius 1 is 1.18 bits per heavy atom. The van der Waals surface area contributed by atoms with Crippen LogP contribution in [0.15, 0.2) is 48.5 Å². The number of benzene rings is 2. The molecule has 1 fully saturated rings. The van der Waals surface area contributed by atoms with Crippen molar-refractivity contribution in [1.82, 2.24) is 4.90 Å². The van der Waals surface area contributed by atoms with Gasteiger partial charge in [-0.25, -0.2) is 4.39 Å². The standard InChI is InChI=1S/C22H27FN2O3/c1-16(27)24-20-8-4-18(5-9-20)13-25-11-10-21(28)22(14-25,15-26)12-17-2-6-19(23)7-3-17/h2-9,21,26,28H,10-15H2,1H3,(H,24,27)/t21-,22-/m0/s1. The van der Waals surface area contributed by atoms with Gasteiger partial charge in [-0.2, -0.15) is 0 Å². The molecule has 1 aliphatic rings. The normalized spacial score (nSPS) is 22.8. The van der Waals surface area contributed by atoms with Gasteiger partial charge in [0.15, 0.2) is 0 Å².